The third-order valence-corrected chi connectivity index (χ3v) is 4.80. The average molecular weight is 325 g/mol. The van der Waals surface area contributed by atoms with Gasteiger partial charge >= 0.3 is 0 Å². The number of nitrogens with zero attached hydrogens (tertiary/aromatic N) is 1. The van der Waals surface area contributed by atoms with Crippen molar-refractivity contribution in [3.05, 3.63) is 23.5 Å². The molecule has 0 bridgehead atoms. The lowest BCUT2D eigenvalue weighted by Crippen LogP contribution is -2.45. The van der Waals surface area contributed by atoms with Crippen LogP contribution >= 0.6 is 0 Å². The van der Waals surface area contributed by atoms with Gasteiger partial charge in [0.15, 0.2) is 11.5 Å². The van der Waals surface area contributed by atoms with Crippen molar-refractivity contribution in [3.8, 4) is 11.5 Å². The molecule has 130 valence electrons. The normalized spacial score (nSPS) is 22.1. The van der Waals surface area contributed by atoms with Crippen molar-refractivity contribution in [3.63, 3.8) is 0 Å². The third-order valence-electron chi connectivity index (χ3n) is 4.80. The summed E-state index contributed by atoms with van der Waals surface area (Å²) in [6, 6.07) is 3.09. The SMILES string of the molecule is CCCC1(CO)CCCN(Cc2cc(OC)c(OC)cc2F)C1. The van der Waals surface area contributed by atoms with Crippen LogP contribution in [0, 0.1) is 11.2 Å². The Morgan fingerprint density at radius 2 is 1.96 bits per heavy atom. The first-order chi connectivity index (χ1) is 11.1. The molecular formula is C18H28FNO3. The molecule has 5 heteroatoms. The fourth-order valence-electron chi connectivity index (χ4n) is 3.65. The van der Waals surface area contributed by atoms with Gasteiger partial charge < -0.3 is 14.6 Å². The topological polar surface area (TPSA) is 41.9 Å². The molecule has 1 aliphatic rings. The second-order valence-electron chi connectivity index (χ2n) is 6.52. The molecule has 2 rings (SSSR count). The van der Waals surface area contributed by atoms with Gasteiger partial charge in [-0.15, -0.1) is 0 Å². The van der Waals surface area contributed by atoms with E-state index < -0.39 is 0 Å². The Labute approximate surface area is 138 Å². The summed E-state index contributed by atoms with van der Waals surface area (Å²) in [5.41, 5.74) is 0.563. The van der Waals surface area contributed by atoms with E-state index in [9.17, 15) is 9.50 Å². The number of aliphatic hydroxyl groups excluding tert-OH is 1. The molecule has 1 N–H and O–H groups in total. The summed E-state index contributed by atoms with van der Waals surface area (Å²) in [5.74, 6) is 0.671. The fourth-order valence-corrected chi connectivity index (χ4v) is 3.65. The van der Waals surface area contributed by atoms with E-state index in [4.69, 9.17) is 9.47 Å². The summed E-state index contributed by atoms with van der Waals surface area (Å²) in [4.78, 5) is 2.24. The van der Waals surface area contributed by atoms with Crippen LogP contribution in [0.25, 0.3) is 0 Å². The first kappa shape index (κ1) is 18.0. The molecule has 4 nitrogen and oxygen atoms in total. The van der Waals surface area contributed by atoms with Gasteiger partial charge in [0, 0.05) is 36.7 Å². The summed E-state index contributed by atoms with van der Waals surface area (Å²) in [6.45, 7) is 4.61. The minimum Gasteiger partial charge on any atom is -0.493 e. The van der Waals surface area contributed by atoms with E-state index in [-0.39, 0.29) is 17.8 Å². The highest BCUT2D eigenvalue weighted by molar-refractivity contribution is 5.43. The molecule has 1 aromatic carbocycles. The fraction of sp³-hybridized carbons (Fsp3) is 0.667. The van der Waals surface area contributed by atoms with Gasteiger partial charge in [-0.05, 0) is 31.9 Å². The van der Waals surface area contributed by atoms with E-state index in [2.05, 4.69) is 11.8 Å². The van der Waals surface area contributed by atoms with Crippen molar-refractivity contribution in [1.82, 2.24) is 4.90 Å². The molecule has 1 heterocycles. The van der Waals surface area contributed by atoms with Gasteiger partial charge in [0.25, 0.3) is 0 Å². The Bertz CT molecular complexity index is 519. The van der Waals surface area contributed by atoms with Gasteiger partial charge in [0.1, 0.15) is 5.82 Å². The highest BCUT2D eigenvalue weighted by Crippen LogP contribution is 2.36. The monoisotopic (exact) mass is 325 g/mol. The standard InChI is InChI=1S/C18H28FNO3/c1-4-6-18(13-21)7-5-8-20(12-18)11-14-9-16(22-2)17(23-3)10-15(14)19/h9-10,21H,4-8,11-13H2,1-3H3. The number of methoxy groups -OCH3 is 2. The molecule has 1 aliphatic heterocycles. The Kier molecular flexibility index (Phi) is 6.25. The largest absolute Gasteiger partial charge is 0.493 e. The van der Waals surface area contributed by atoms with Crippen LogP contribution in [0.1, 0.15) is 38.2 Å². The maximum Gasteiger partial charge on any atom is 0.163 e. The lowest BCUT2D eigenvalue weighted by molar-refractivity contribution is 0.0212. The summed E-state index contributed by atoms with van der Waals surface area (Å²) in [6.07, 6.45) is 4.14. The first-order valence-corrected chi connectivity index (χ1v) is 8.31. The van der Waals surface area contributed by atoms with E-state index >= 15 is 0 Å². The minimum absolute atomic E-state index is 0.0416. The Hall–Kier alpha value is -1.33. The molecule has 0 saturated carbocycles. The van der Waals surface area contributed by atoms with Crippen LogP contribution in [0.2, 0.25) is 0 Å². The Morgan fingerprint density at radius 3 is 2.57 bits per heavy atom. The van der Waals surface area contributed by atoms with Crippen molar-refractivity contribution in [2.24, 2.45) is 5.41 Å². The van der Waals surface area contributed by atoms with Gasteiger partial charge in [-0.2, -0.15) is 0 Å². The van der Waals surface area contributed by atoms with E-state index in [0.717, 1.165) is 38.8 Å². The number of piperidine rings is 1. The number of aliphatic hydroxyl groups is 1. The molecule has 0 spiro atoms. The number of halogens is 1. The van der Waals surface area contributed by atoms with Crippen molar-refractivity contribution >= 4 is 0 Å². The summed E-state index contributed by atoms with van der Waals surface area (Å²) in [5, 5.41) is 9.82. The molecule has 1 unspecified atom stereocenters. The average Bonchev–Trinajstić information content (AvgIpc) is 2.57. The van der Waals surface area contributed by atoms with Crippen molar-refractivity contribution < 1.29 is 19.0 Å². The second-order valence-corrected chi connectivity index (χ2v) is 6.52. The quantitative estimate of drug-likeness (QED) is 0.836. The van der Waals surface area contributed by atoms with Crippen LogP contribution in [0.5, 0.6) is 11.5 Å². The van der Waals surface area contributed by atoms with E-state index in [1.807, 2.05) is 0 Å². The first-order valence-electron chi connectivity index (χ1n) is 8.31. The second kappa shape index (κ2) is 7.97. The summed E-state index contributed by atoms with van der Waals surface area (Å²) in [7, 11) is 3.06. The molecule has 1 atom stereocenters. The molecule has 0 aromatic heterocycles. The zero-order valence-corrected chi connectivity index (χ0v) is 14.4. The van der Waals surface area contributed by atoms with E-state index in [1.54, 1.807) is 13.2 Å². The Balaban J connectivity index is 2.15. The maximum atomic E-state index is 14.3. The number of ether oxygens (including phenoxy) is 2. The van der Waals surface area contributed by atoms with Crippen molar-refractivity contribution in [2.75, 3.05) is 33.9 Å². The highest BCUT2D eigenvalue weighted by atomic mass is 19.1. The summed E-state index contributed by atoms with van der Waals surface area (Å²) >= 11 is 0. The van der Waals surface area contributed by atoms with Crippen molar-refractivity contribution in [1.29, 1.82) is 0 Å². The number of likely N-dealkylation sites (tertiary alicyclic amines) is 1. The molecule has 1 aromatic rings. The van der Waals surface area contributed by atoms with Crippen LogP contribution in [0.4, 0.5) is 4.39 Å². The number of benzene rings is 1. The molecule has 1 fully saturated rings. The zero-order valence-electron chi connectivity index (χ0n) is 14.4. The van der Waals surface area contributed by atoms with Gasteiger partial charge in [-0.3, -0.25) is 4.90 Å². The van der Waals surface area contributed by atoms with Gasteiger partial charge in [0.05, 0.1) is 14.2 Å². The van der Waals surface area contributed by atoms with Crippen LogP contribution in [-0.2, 0) is 6.54 Å². The van der Waals surface area contributed by atoms with E-state index in [0.29, 0.717) is 23.6 Å². The number of rotatable bonds is 7. The smallest absolute Gasteiger partial charge is 0.163 e. The van der Waals surface area contributed by atoms with Crippen LogP contribution in [0.15, 0.2) is 12.1 Å². The summed E-state index contributed by atoms with van der Waals surface area (Å²) < 4.78 is 24.7. The maximum absolute atomic E-state index is 14.3. The molecule has 23 heavy (non-hydrogen) atoms. The third kappa shape index (κ3) is 4.15. The van der Waals surface area contributed by atoms with Crippen LogP contribution in [0.3, 0.4) is 0 Å². The minimum atomic E-state index is -0.279. The van der Waals surface area contributed by atoms with Gasteiger partial charge in [0.2, 0.25) is 0 Å². The van der Waals surface area contributed by atoms with Crippen LogP contribution < -0.4 is 9.47 Å². The predicted octanol–water partition coefficient (Wildman–Crippen LogP) is 3.22. The lowest BCUT2D eigenvalue weighted by atomic mass is 9.77. The number of hydrogen-bond donors (Lipinski definition) is 1. The lowest BCUT2D eigenvalue weighted by Gasteiger charge is -2.42. The highest BCUT2D eigenvalue weighted by Gasteiger charge is 2.34. The predicted molar refractivity (Wildman–Crippen MR) is 88.4 cm³/mol. The van der Waals surface area contributed by atoms with Crippen molar-refractivity contribution in [2.45, 2.75) is 39.2 Å². The molecule has 0 radical (unpaired) electrons. The molecule has 0 aliphatic carbocycles. The zero-order chi connectivity index (χ0) is 16.9. The van der Waals surface area contributed by atoms with Gasteiger partial charge in [-0.25, -0.2) is 4.39 Å². The molecule has 0 amide bonds. The van der Waals surface area contributed by atoms with E-state index in [1.165, 1.54) is 13.2 Å². The van der Waals surface area contributed by atoms with Gasteiger partial charge in [-0.1, -0.05) is 13.3 Å². The Morgan fingerprint density at radius 1 is 1.26 bits per heavy atom. The van der Waals surface area contributed by atoms with Crippen LogP contribution in [-0.4, -0.2) is 43.9 Å². The molecular weight excluding hydrogens is 297 g/mol. The number of hydrogen-bond acceptors (Lipinski definition) is 4. The molecule has 1 saturated heterocycles.